The van der Waals surface area contributed by atoms with Crippen LogP contribution in [0.3, 0.4) is 0 Å². The monoisotopic (exact) mass is 253 g/mol. The van der Waals surface area contributed by atoms with Gasteiger partial charge in [0.1, 0.15) is 5.75 Å². The summed E-state index contributed by atoms with van der Waals surface area (Å²) < 4.78 is 0. The number of benzene rings is 1. The largest absolute Gasteiger partial charge is 0.508 e. The third-order valence-electron chi connectivity index (χ3n) is 3.66. The van der Waals surface area contributed by atoms with Crippen LogP contribution >= 0.6 is 11.6 Å². The van der Waals surface area contributed by atoms with Crippen molar-refractivity contribution in [3.63, 3.8) is 0 Å². The van der Waals surface area contributed by atoms with E-state index in [4.69, 9.17) is 11.6 Å². The number of aromatic hydroxyl groups is 1. The van der Waals surface area contributed by atoms with E-state index in [1.54, 1.807) is 12.1 Å². The van der Waals surface area contributed by atoms with E-state index in [2.05, 4.69) is 5.32 Å². The van der Waals surface area contributed by atoms with Crippen LogP contribution in [0.5, 0.6) is 5.75 Å². The van der Waals surface area contributed by atoms with E-state index in [1.807, 2.05) is 12.1 Å². The third-order valence-corrected chi connectivity index (χ3v) is 4.06. The maximum absolute atomic E-state index is 9.36. The number of nitrogens with one attached hydrogen (secondary N) is 1. The molecule has 2 N–H and O–H groups in total. The van der Waals surface area contributed by atoms with Gasteiger partial charge in [-0.3, -0.25) is 0 Å². The molecule has 2 nitrogen and oxygen atoms in total. The molecule has 2 atom stereocenters. The Hall–Kier alpha value is -0.730. The molecule has 0 saturated heterocycles. The predicted octanol–water partition coefficient (Wildman–Crippen LogP) is 3.14. The van der Waals surface area contributed by atoms with Gasteiger partial charge >= 0.3 is 0 Å². The maximum Gasteiger partial charge on any atom is 0.115 e. The van der Waals surface area contributed by atoms with Crippen LogP contribution in [0.2, 0.25) is 0 Å². The quantitative estimate of drug-likeness (QED) is 0.791. The summed E-state index contributed by atoms with van der Waals surface area (Å²) >= 11 is 5.96. The van der Waals surface area contributed by atoms with Crippen molar-refractivity contribution < 1.29 is 5.11 Å². The van der Waals surface area contributed by atoms with Gasteiger partial charge in [0.25, 0.3) is 0 Å². The molecule has 94 valence electrons. The summed E-state index contributed by atoms with van der Waals surface area (Å²) in [7, 11) is 0. The van der Waals surface area contributed by atoms with E-state index in [-0.39, 0.29) is 0 Å². The first kappa shape index (κ1) is 12.7. The average molecular weight is 254 g/mol. The van der Waals surface area contributed by atoms with Gasteiger partial charge in [0.15, 0.2) is 0 Å². The van der Waals surface area contributed by atoms with Gasteiger partial charge in [-0.25, -0.2) is 0 Å². The molecule has 0 spiro atoms. The molecule has 0 bridgehead atoms. The van der Waals surface area contributed by atoms with Crippen molar-refractivity contribution in [3.8, 4) is 5.75 Å². The Morgan fingerprint density at radius 2 is 2.12 bits per heavy atom. The van der Waals surface area contributed by atoms with Gasteiger partial charge in [0, 0.05) is 12.4 Å². The molecule has 0 aliphatic heterocycles. The summed E-state index contributed by atoms with van der Waals surface area (Å²) in [5, 5.41) is 12.8. The molecule has 2 unspecified atom stereocenters. The van der Waals surface area contributed by atoms with Crippen LogP contribution in [0.25, 0.3) is 0 Å². The van der Waals surface area contributed by atoms with Crippen LogP contribution in [0.15, 0.2) is 24.3 Å². The van der Waals surface area contributed by atoms with Gasteiger partial charge in [-0.1, -0.05) is 18.6 Å². The van der Waals surface area contributed by atoms with E-state index < -0.39 is 0 Å². The highest BCUT2D eigenvalue weighted by atomic mass is 35.5. The Morgan fingerprint density at radius 3 is 2.88 bits per heavy atom. The zero-order valence-electron chi connectivity index (χ0n) is 10.0. The zero-order valence-corrected chi connectivity index (χ0v) is 10.8. The standard InChI is InChI=1S/C14H20ClNO/c15-8-12-4-2-5-13(12)10-16-9-11-3-1-6-14(17)7-11/h1,3,6-7,12-13,16-17H,2,4-5,8-10H2. The molecule has 0 heterocycles. The molecule has 2 rings (SSSR count). The molecule has 1 aromatic carbocycles. The Bertz CT molecular complexity index is 356. The summed E-state index contributed by atoms with van der Waals surface area (Å²) in [6, 6.07) is 7.41. The number of phenolic OH excluding ortho intramolecular Hbond substituents is 1. The lowest BCUT2D eigenvalue weighted by Crippen LogP contribution is -2.25. The van der Waals surface area contributed by atoms with Gasteiger partial charge in [-0.15, -0.1) is 11.6 Å². The molecular weight excluding hydrogens is 234 g/mol. The maximum atomic E-state index is 9.36. The Balaban J connectivity index is 1.76. The van der Waals surface area contributed by atoms with Crippen LogP contribution in [-0.2, 0) is 6.54 Å². The molecule has 0 aromatic heterocycles. The fourth-order valence-electron chi connectivity index (χ4n) is 2.65. The van der Waals surface area contributed by atoms with Crippen LogP contribution in [0.1, 0.15) is 24.8 Å². The van der Waals surface area contributed by atoms with E-state index in [1.165, 1.54) is 19.3 Å². The Morgan fingerprint density at radius 1 is 1.29 bits per heavy atom. The van der Waals surface area contributed by atoms with Crippen molar-refractivity contribution in [2.45, 2.75) is 25.8 Å². The van der Waals surface area contributed by atoms with E-state index in [9.17, 15) is 5.11 Å². The summed E-state index contributed by atoms with van der Waals surface area (Å²) in [4.78, 5) is 0. The van der Waals surface area contributed by atoms with Gasteiger partial charge in [0.2, 0.25) is 0 Å². The smallest absolute Gasteiger partial charge is 0.115 e. The van der Waals surface area contributed by atoms with Crippen molar-refractivity contribution in [2.75, 3.05) is 12.4 Å². The fourth-order valence-corrected chi connectivity index (χ4v) is 3.06. The summed E-state index contributed by atoms with van der Waals surface area (Å²) in [6.45, 7) is 1.85. The van der Waals surface area contributed by atoms with Crippen molar-refractivity contribution in [1.82, 2.24) is 5.32 Å². The number of hydrogen-bond donors (Lipinski definition) is 2. The normalized spacial score (nSPS) is 24.1. The van der Waals surface area contributed by atoms with Crippen LogP contribution in [0.4, 0.5) is 0 Å². The van der Waals surface area contributed by atoms with Gasteiger partial charge < -0.3 is 10.4 Å². The van der Waals surface area contributed by atoms with Crippen LogP contribution in [0, 0.1) is 11.8 Å². The molecule has 1 aromatic rings. The van der Waals surface area contributed by atoms with Crippen LogP contribution < -0.4 is 5.32 Å². The molecular formula is C14H20ClNO. The molecule has 1 saturated carbocycles. The Labute approximate surface area is 108 Å². The lowest BCUT2D eigenvalue weighted by molar-refractivity contribution is 0.395. The molecule has 17 heavy (non-hydrogen) atoms. The van der Waals surface area contributed by atoms with E-state index >= 15 is 0 Å². The van der Waals surface area contributed by atoms with Crippen molar-refractivity contribution in [1.29, 1.82) is 0 Å². The molecule has 1 fully saturated rings. The summed E-state index contributed by atoms with van der Waals surface area (Å²) in [5.74, 6) is 2.54. The minimum atomic E-state index is 0.337. The number of rotatable bonds is 5. The lowest BCUT2D eigenvalue weighted by Gasteiger charge is -2.17. The zero-order chi connectivity index (χ0) is 12.1. The van der Waals surface area contributed by atoms with Gasteiger partial charge in [-0.2, -0.15) is 0 Å². The predicted molar refractivity (Wildman–Crippen MR) is 71.4 cm³/mol. The minimum absolute atomic E-state index is 0.337. The first-order valence-electron chi connectivity index (χ1n) is 6.34. The minimum Gasteiger partial charge on any atom is -0.508 e. The number of phenols is 1. The first-order valence-corrected chi connectivity index (χ1v) is 6.87. The topological polar surface area (TPSA) is 32.3 Å². The lowest BCUT2D eigenvalue weighted by atomic mass is 9.98. The van der Waals surface area contributed by atoms with Crippen LogP contribution in [-0.4, -0.2) is 17.5 Å². The summed E-state index contributed by atoms with van der Waals surface area (Å²) in [6.07, 6.45) is 3.89. The van der Waals surface area contributed by atoms with Crippen molar-refractivity contribution in [3.05, 3.63) is 29.8 Å². The fraction of sp³-hybridized carbons (Fsp3) is 0.571. The third kappa shape index (κ3) is 3.62. The van der Waals surface area contributed by atoms with E-state index in [0.29, 0.717) is 11.7 Å². The second-order valence-electron chi connectivity index (χ2n) is 4.91. The van der Waals surface area contributed by atoms with Crippen molar-refractivity contribution in [2.24, 2.45) is 11.8 Å². The average Bonchev–Trinajstić information content (AvgIpc) is 2.77. The number of hydrogen-bond acceptors (Lipinski definition) is 2. The Kier molecular flexibility index (Phi) is 4.69. The van der Waals surface area contributed by atoms with Gasteiger partial charge in [0.05, 0.1) is 0 Å². The van der Waals surface area contributed by atoms with Crippen molar-refractivity contribution >= 4 is 11.6 Å². The highest BCUT2D eigenvalue weighted by Crippen LogP contribution is 2.31. The number of alkyl halides is 1. The van der Waals surface area contributed by atoms with Gasteiger partial charge in [-0.05, 0) is 48.9 Å². The number of halogens is 1. The second kappa shape index (κ2) is 6.27. The molecule has 0 radical (unpaired) electrons. The summed E-state index contributed by atoms with van der Waals surface area (Å²) in [5.41, 5.74) is 1.13. The SMILES string of the molecule is Oc1cccc(CNCC2CCCC2CCl)c1. The molecule has 1 aliphatic rings. The molecule has 1 aliphatic carbocycles. The highest BCUT2D eigenvalue weighted by Gasteiger charge is 2.25. The first-order chi connectivity index (χ1) is 8.29. The second-order valence-corrected chi connectivity index (χ2v) is 5.21. The molecule has 0 amide bonds. The van der Waals surface area contributed by atoms with E-state index in [0.717, 1.165) is 30.5 Å². The molecule has 3 heteroatoms. The highest BCUT2D eigenvalue weighted by molar-refractivity contribution is 6.18.